The Morgan fingerprint density at radius 3 is 2.52 bits per heavy atom. The van der Waals surface area contributed by atoms with Crippen LogP contribution in [-0.2, 0) is 6.42 Å². The average Bonchev–Trinajstić information content (AvgIpc) is 2.61. The molecule has 2 aromatic carbocycles. The van der Waals surface area contributed by atoms with Crippen molar-refractivity contribution in [3.63, 3.8) is 0 Å². The van der Waals surface area contributed by atoms with Crippen molar-refractivity contribution in [3.05, 3.63) is 66.7 Å². The Hall–Kier alpha value is -2.42. The molecule has 3 nitrogen and oxygen atoms in total. The predicted molar refractivity (Wildman–Crippen MR) is 96.5 cm³/mol. The van der Waals surface area contributed by atoms with Crippen LogP contribution in [-0.4, -0.2) is 20.3 Å². The third-order valence-electron chi connectivity index (χ3n) is 3.84. The van der Waals surface area contributed by atoms with E-state index in [0.29, 0.717) is 6.04 Å². The highest BCUT2D eigenvalue weighted by molar-refractivity contribution is 5.59. The van der Waals surface area contributed by atoms with Crippen molar-refractivity contribution in [3.8, 4) is 11.5 Å². The molecule has 0 fully saturated rings. The maximum absolute atomic E-state index is 5.46. The lowest BCUT2D eigenvalue weighted by Crippen LogP contribution is -2.20. The van der Waals surface area contributed by atoms with Gasteiger partial charge in [0.25, 0.3) is 0 Å². The number of nitrogens with one attached hydrogen (secondary N) is 1. The first-order chi connectivity index (χ1) is 11.3. The normalized spacial score (nSPS) is 11.6. The third-order valence-corrected chi connectivity index (χ3v) is 3.84. The summed E-state index contributed by atoms with van der Waals surface area (Å²) >= 11 is 0. The second-order valence-electron chi connectivity index (χ2n) is 5.46. The van der Waals surface area contributed by atoms with Crippen LogP contribution in [0.15, 0.2) is 61.2 Å². The minimum Gasteiger partial charge on any atom is -0.497 e. The summed E-state index contributed by atoms with van der Waals surface area (Å²) in [6.45, 7) is 3.88. The van der Waals surface area contributed by atoms with Crippen molar-refractivity contribution in [2.75, 3.05) is 19.5 Å². The molecular formula is C20H25NO2. The standard InChI is InChI=1S/C20H25NO2/c1-4-8-17(12-11-16-9-6-5-7-10-16)21-19-14-13-18(22-2)15-20(19)23-3/h4-7,9-10,13-15,17,21H,1,8,11-12H2,2-3H3. The van der Waals surface area contributed by atoms with Gasteiger partial charge in [0, 0.05) is 12.1 Å². The first kappa shape index (κ1) is 16.9. The minimum absolute atomic E-state index is 0.315. The minimum atomic E-state index is 0.315. The molecule has 0 amide bonds. The zero-order valence-electron chi connectivity index (χ0n) is 13.9. The van der Waals surface area contributed by atoms with Gasteiger partial charge < -0.3 is 14.8 Å². The molecule has 0 saturated heterocycles. The molecule has 1 atom stereocenters. The van der Waals surface area contributed by atoms with Gasteiger partial charge in [0.1, 0.15) is 11.5 Å². The molecule has 0 aliphatic rings. The summed E-state index contributed by atoms with van der Waals surface area (Å²) in [5, 5.41) is 3.57. The third kappa shape index (κ3) is 5.06. The molecule has 0 aliphatic carbocycles. The van der Waals surface area contributed by atoms with E-state index < -0.39 is 0 Å². The van der Waals surface area contributed by atoms with E-state index >= 15 is 0 Å². The highest BCUT2D eigenvalue weighted by Crippen LogP contribution is 2.30. The van der Waals surface area contributed by atoms with Gasteiger partial charge in [-0.15, -0.1) is 6.58 Å². The van der Waals surface area contributed by atoms with E-state index in [2.05, 4.69) is 36.2 Å². The largest absolute Gasteiger partial charge is 0.497 e. The summed E-state index contributed by atoms with van der Waals surface area (Å²) in [6, 6.07) is 16.7. The molecule has 2 rings (SSSR count). The van der Waals surface area contributed by atoms with Crippen molar-refractivity contribution in [1.82, 2.24) is 0 Å². The van der Waals surface area contributed by atoms with Gasteiger partial charge in [0.2, 0.25) is 0 Å². The number of aryl methyl sites for hydroxylation is 1. The number of rotatable bonds is 9. The van der Waals surface area contributed by atoms with E-state index in [-0.39, 0.29) is 0 Å². The molecule has 2 aromatic rings. The van der Waals surface area contributed by atoms with Crippen molar-refractivity contribution in [2.45, 2.75) is 25.3 Å². The van der Waals surface area contributed by atoms with Crippen LogP contribution in [0.4, 0.5) is 5.69 Å². The lowest BCUT2D eigenvalue weighted by atomic mass is 10.0. The van der Waals surface area contributed by atoms with Crippen molar-refractivity contribution < 1.29 is 9.47 Å². The Balaban J connectivity index is 2.05. The lowest BCUT2D eigenvalue weighted by molar-refractivity contribution is 0.395. The maximum Gasteiger partial charge on any atom is 0.145 e. The molecule has 1 unspecified atom stereocenters. The molecule has 0 saturated carbocycles. The molecular weight excluding hydrogens is 286 g/mol. The Labute approximate surface area is 138 Å². The summed E-state index contributed by atoms with van der Waals surface area (Å²) in [6.07, 6.45) is 4.93. The van der Waals surface area contributed by atoms with Crippen LogP contribution in [0, 0.1) is 0 Å². The molecule has 122 valence electrons. The van der Waals surface area contributed by atoms with Crippen LogP contribution < -0.4 is 14.8 Å². The average molecular weight is 311 g/mol. The van der Waals surface area contributed by atoms with Crippen LogP contribution in [0.2, 0.25) is 0 Å². The Morgan fingerprint density at radius 2 is 1.87 bits per heavy atom. The van der Waals surface area contributed by atoms with Crippen LogP contribution in [0.1, 0.15) is 18.4 Å². The van der Waals surface area contributed by atoms with E-state index in [1.54, 1.807) is 14.2 Å². The highest BCUT2D eigenvalue weighted by Gasteiger charge is 2.11. The first-order valence-electron chi connectivity index (χ1n) is 7.90. The number of benzene rings is 2. The predicted octanol–water partition coefficient (Wildman–Crippen LogP) is 4.69. The molecule has 23 heavy (non-hydrogen) atoms. The van der Waals surface area contributed by atoms with Gasteiger partial charge in [-0.2, -0.15) is 0 Å². The molecule has 0 radical (unpaired) electrons. The zero-order chi connectivity index (χ0) is 16.5. The van der Waals surface area contributed by atoms with Crippen LogP contribution in [0.3, 0.4) is 0 Å². The van der Waals surface area contributed by atoms with Crippen LogP contribution in [0.25, 0.3) is 0 Å². The molecule has 0 spiro atoms. The fourth-order valence-corrected chi connectivity index (χ4v) is 2.57. The number of hydrogen-bond acceptors (Lipinski definition) is 3. The summed E-state index contributed by atoms with van der Waals surface area (Å²) in [4.78, 5) is 0. The van der Waals surface area contributed by atoms with Gasteiger partial charge in [-0.1, -0.05) is 36.4 Å². The molecule has 0 aromatic heterocycles. The summed E-state index contributed by atoms with van der Waals surface area (Å²) in [5.41, 5.74) is 2.33. The fraction of sp³-hybridized carbons (Fsp3) is 0.300. The van der Waals surface area contributed by atoms with E-state index in [4.69, 9.17) is 9.47 Å². The van der Waals surface area contributed by atoms with Gasteiger partial charge in [-0.3, -0.25) is 0 Å². The van der Waals surface area contributed by atoms with Crippen molar-refractivity contribution in [1.29, 1.82) is 0 Å². The van der Waals surface area contributed by atoms with Crippen LogP contribution >= 0.6 is 0 Å². The fourth-order valence-electron chi connectivity index (χ4n) is 2.57. The summed E-state index contributed by atoms with van der Waals surface area (Å²) in [5.74, 6) is 1.58. The van der Waals surface area contributed by atoms with E-state index in [9.17, 15) is 0 Å². The summed E-state index contributed by atoms with van der Waals surface area (Å²) in [7, 11) is 3.33. The number of methoxy groups -OCH3 is 2. The first-order valence-corrected chi connectivity index (χ1v) is 7.90. The van der Waals surface area contributed by atoms with Crippen molar-refractivity contribution >= 4 is 5.69 Å². The summed E-state index contributed by atoms with van der Waals surface area (Å²) < 4.78 is 10.7. The number of ether oxygens (including phenoxy) is 2. The zero-order valence-corrected chi connectivity index (χ0v) is 13.9. The molecule has 0 bridgehead atoms. The molecule has 0 heterocycles. The Morgan fingerprint density at radius 1 is 1.09 bits per heavy atom. The second-order valence-corrected chi connectivity index (χ2v) is 5.46. The number of anilines is 1. The highest BCUT2D eigenvalue weighted by atomic mass is 16.5. The van der Waals surface area contributed by atoms with E-state index in [1.165, 1.54) is 5.56 Å². The number of hydrogen-bond donors (Lipinski definition) is 1. The maximum atomic E-state index is 5.46. The quantitative estimate of drug-likeness (QED) is 0.681. The van der Waals surface area contributed by atoms with Gasteiger partial charge in [0.15, 0.2) is 0 Å². The topological polar surface area (TPSA) is 30.5 Å². The monoisotopic (exact) mass is 311 g/mol. The van der Waals surface area contributed by atoms with Gasteiger partial charge in [0.05, 0.1) is 19.9 Å². The van der Waals surface area contributed by atoms with E-state index in [1.807, 2.05) is 30.3 Å². The second kappa shape index (κ2) is 8.89. The van der Waals surface area contributed by atoms with Gasteiger partial charge >= 0.3 is 0 Å². The lowest BCUT2D eigenvalue weighted by Gasteiger charge is -2.20. The molecule has 3 heteroatoms. The molecule has 1 N–H and O–H groups in total. The van der Waals surface area contributed by atoms with Gasteiger partial charge in [-0.25, -0.2) is 0 Å². The smallest absolute Gasteiger partial charge is 0.145 e. The van der Waals surface area contributed by atoms with Gasteiger partial charge in [-0.05, 0) is 37.0 Å². The Kier molecular flexibility index (Phi) is 6.55. The Bertz CT molecular complexity index is 610. The van der Waals surface area contributed by atoms with E-state index in [0.717, 1.165) is 36.4 Å². The SMILES string of the molecule is C=CCC(CCc1ccccc1)Nc1ccc(OC)cc1OC. The van der Waals surface area contributed by atoms with Crippen molar-refractivity contribution in [2.24, 2.45) is 0 Å². The van der Waals surface area contributed by atoms with Crippen LogP contribution in [0.5, 0.6) is 11.5 Å². The molecule has 0 aliphatic heterocycles.